The number of pyridine rings is 1. The van der Waals surface area contributed by atoms with Gasteiger partial charge in [-0.15, -0.1) is 0 Å². The van der Waals surface area contributed by atoms with E-state index in [1.54, 1.807) is 12.4 Å². The number of hydrogen-bond donors (Lipinski definition) is 1. The van der Waals surface area contributed by atoms with E-state index >= 15 is 0 Å². The molecule has 3 heterocycles. The lowest BCUT2D eigenvalue weighted by molar-refractivity contribution is 0.255. The molecule has 6 nitrogen and oxygen atoms in total. The molecule has 1 unspecified atom stereocenters. The first-order valence-corrected chi connectivity index (χ1v) is 10.5. The van der Waals surface area contributed by atoms with Crippen LogP contribution in [-0.2, 0) is 0 Å². The van der Waals surface area contributed by atoms with Crippen molar-refractivity contribution in [1.82, 2.24) is 14.9 Å². The van der Waals surface area contributed by atoms with Crippen LogP contribution in [0.1, 0.15) is 55.5 Å². The molecule has 0 amide bonds. The van der Waals surface area contributed by atoms with Gasteiger partial charge in [-0.05, 0) is 55.1 Å². The molecule has 6 heteroatoms. The maximum atomic E-state index is 9.52. The van der Waals surface area contributed by atoms with Gasteiger partial charge in [-0.1, -0.05) is 38.1 Å². The molecule has 4 rings (SSSR count). The number of nitrogens with one attached hydrogen (secondary N) is 1. The van der Waals surface area contributed by atoms with Crippen LogP contribution in [0.3, 0.4) is 0 Å². The summed E-state index contributed by atoms with van der Waals surface area (Å²) in [5, 5.41) is 12.9. The summed E-state index contributed by atoms with van der Waals surface area (Å²) in [5.74, 6) is 1.33. The second kappa shape index (κ2) is 9.10. The maximum Gasteiger partial charge on any atom is 0.232 e. The summed E-state index contributed by atoms with van der Waals surface area (Å²) in [6.07, 6.45) is 5.82. The van der Waals surface area contributed by atoms with Gasteiger partial charge in [-0.2, -0.15) is 10.2 Å². The zero-order valence-corrected chi connectivity index (χ0v) is 17.5. The Hall–Kier alpha value is -3.17. The minimum atomic E-state index is 0.215. The van der Waals surface area contributed by atoms with E-state index < -0.39 is 0 Å². The molecule has 2 aromatic heterocycles. The number of hydrogen-bond acceptors (Lipinski definition) is 6. The van der Waals surface area contributed by atoms with E-state index in [1.165, 1.54) is 24.0 Å². The lowest BCUT2D eigenvalue weighted by Gasteiger charge is -2.28. The van der Waals surface area contributed by atoms with E-state index in [4.69, 9.17) is 4.42 Å². The number of aromatic nitrogens is 2. The van der Waals surface area contributed by atoms with Crippen LogP contribution in [0.25, 0.3) is 11.5 Å². The van der Waals surface area contributed by atoms with Crippen molar-refractivity contribution in [2.24, 2.45) is 0 Å². The van der Waals surface area contributed by atoms with E-state index in [9.17, 15) is 5.26 Å². The predicted octanol–water partition coefficient (Wildman–Crippen LogP) is 4.98. The van der Waals surface area contributed by atoms with Crippen LogP contribution in [-0.4, -0.2) is 34.5 Å². The average Bonchev–Trinajstić information content (AvgIpc) is 3.45. The molecule has 1 saturated heterocycles. The third-order valence-electron chi connectivity index (χ3n) is 5.67. The molecule has 30 heavy (non-hydrogen) atoms. The molecule has 0 radical (unpaired) electrons. The van der Waals surface area contributed by atoms with Gasteiger partial charge >= 0.3 is 0 Å². The summed E-state index contributed by atoms with van der Waals surface area (Å²) >= 11 is 0. The van der Waals surface area contributed by atoms with Crippen molar-refractivity contribution in [3.05, 3.63) is 65.6 Å². The lowest BCUT2D eigenvalue weighted by Crippen LogP contribution is -2.31. The first kappa shape index (κ1) is 20.1. The van der Waals surface area contributed by atoms with E-state index in [0.717, 1.165) is 18.7 Å². The molecule has 1 aliphatic heterocycles. The summed E-state index contributed by atoms with van der Waals surface area (Å²) in [6, 6.07) is 14.9. The fraction of sp³-hybridized carbons (Fsp3) is 0.375. The van der Waals surface area contributed by atoms with Crippen LogP contribution in [0.15, 0.2) is 53.2 Å². The molecule has 1 fully saturated rings. The van der Waals surface area contributed by atoms with Crippen molar-refractivity contribution in [3.8, 4) is 17.5 Å². The number of nitrogens with zero attached hydrogens (tertiary/aromatic N) is 4. The largest absolute Gasteiger partial charge is 0.419 e. The second-order valence-electron chi connectivity index (χ2n) is 8.01. The van der Waals surface area contributed by atoms with Crippen molar-refractivity contribution < 1.29 is 4.42 Å². The van der Waals surface area contributed by atoms with Gasteiger partial charge in [0.1, 0.15) is 6.07 Å². The highest BCUT2D eigenvalue weighted by Gasteiger charge is 2.25. The van der Waals surface area contributed by atoms with Crippen molar-refractivity contribution in [2.45, 2.75) is 38.6 Å². The Balaban J connectivity index is 1.55. The molecule has 1 atom stereocenters. The molecular formula is C24H27N5O. The van der Waals surface area contributed by atoms with Gasteiger partial charge in [0.2, 0.25) is 17.5 Å². The van der Waals surface area contributed by atoms with E-state index in [-0.39, 0.29) is 11.7 Å². The van der Waals surface area contributed by atoms with E-state index in [0.29, 0.717) is 24.2 Å². The Morgan fingerprint density at radius 2 is 1.87 bits per heavy atom. The van der Waals surface area contributed by atoms with E-state index in [1.807, 2.05) is 12.1 Å². The number of rotatable bonds is 7. The Kier molecular flexibility index (Phi) is 6.10. The molecule has 154 valence electrons. The lowest BCUT2D eigenvalue weighted by atomic mass is 9.98. The minimum absolute atomic E-state index is 0.215. The zero-order valence-electron chi connectivity index (χ0n) is 17.5. The van der Waals surface area contributed by atoms with Crippen molar-refractivity contribution in [3.63, 3.8) is 0 Å². The monoisotopic (exact) mass is 401 g/mol. The summed E-state index contributed by atoms with van der Waals surface area (Å²) < 4.78 is 5.89. The van der Waals surface area contributed by atoms with Gasteiger partial charge in [-0.3, -0.25) is 9.88 Å². The highest BCUT2D eigenvalue weighted by molar-refractivity contribution is 5.57. The smallest absolute Gasteiger partial charge is 0.232 e. The molecule has 0 spiro atoms. The Bertz CT molecular complexity index is 998. The normalized spacial score (nSPS) is 15.3. The topological polar surface area (TPSA) is 78.0 Å². The van der Waals surface area contributed by atoms with Crippen molar-refractivity contribution in [1.29, 1.82) is 5.26 Å². The standard InChI is InChI=1S/C24H27N5O/c1-17(2)18-7-9-19(10-8-18)22(29-12-3-4-13-29)16-27-24-21(14-25)28-23(30-24)20-6-5-11-26-15-20/h5-11,15,17,22,27H,3-4,12-13,16H2,1-2H3. The minimum Gasteiger partial charge on any atom is -0.419 e. The van der Waals surface area contributed by atoms with Crippen LogP contribution in [0.2, 0.25) is 0 Å². The third-order valence-corrected chi connectivity index (χ3v) is 5.67. The average molecular weight is 402 g/mol. The summed E-state index contributed by atoms with van der Waals surface area (Å²) in [6.45, 7) is 7.24. The van der Waals surface area contributed by atoms with Gasteiger partial charge in [0.25, 0.3) is 0 Å². The third kappa shape index (κ3) is 4.37. The number of oxazole rings is 1. The first-order chi connectivity index (χ1) is 14.7. The Labute approximate surface area is 177 Å². The van der Waals surface area contributed by atoms with Gasteiger partial charge < -0.3 is 9.73 Å². The van der Waals surface area contributed by atoms with Gasteiger partial charge in [0.05, 0.1) is 11.6 Å². The Morgan fingerprint density at radius 1 is 1.13 bits per heavy atom. The number of anilines is 1. The fourth-order valence-corrected chi connectivity index (χ4v) is 3.93. The molecule has 0 saturated carbocycles. The maximum absolute atomic E-state index is 9.52. The number of likely N-dealkylation sites (tertiary alicyclic amines) is 1. The summed E-state index contributed by atoms with van der Waals surface area (Å²) in [7, 11) is 0. The molecule has 0 bridgehead atoms. The summed E-state index contributed by atoms with van der Waals surface area (Å²) in [4.78, 5) is 10.9. The zero-order chi connectivity index (χ0) is 20.9. The molecule has 1 aromatic carbocycles. The number of benzene rings is 1. The number of nitriles is 1. The van der Waals surface area contributed by atoms with Crippen LogP contribution in [0, 0.1) is 11.3 Å². The SMILES string of the molecule is CC(C)c1ccc(C(CNc2oc(-c3cccnc3)nc2C#N)N2CCCC2)cc1. The van der Waals surface area contributed by atoms with Crippen LogP contribution < -0.4 is 5.32 Å². The summed E-state index contributed by atoms with van der Waals surface area (Å²) in [5.41, 5.74) is 3.64. The highest BCUT2D eigenvalue weighted by atomic mass is 16.4. The molecule has 0 aliphatic carbocycles. The van der Waals surface area contributed by atoms with Gasteiger partial charge in [0.15, 0.2) is 0 Å². The van der Waals surface area contributed by atoms with Crippen LogP contribution in [0.5, 0.6) is 0 Å². The van der Waals surface area contributed by atoms with Gasteiger partial charge in [-0.25, -0.2) is 0 Å². The first-order valence-electron chi connectivity index (χ1n) is 10.5. The van der Waals surface area contributed by atoms with Crippen molar-refractivity contribution in [2.75, 3.05) is 25.0 Å². The molecular weight excluding hydrogens is 374 g/mol. The molecule has 1 aliphatic rings. The van der Waals surface area contributed by atoms with Crippen molar-refractivity contribution >= 4 is 5.88 Å². The van der Waals surface area contributed by atoms with Crippen LogP contribution >= 0.6 is 0 Å². The highest BCUT2D eigenvalue weighted by Crippen LogP contribution is 2.29. The predicted molar refractivity (Wildman–Crippen MR) is 117 cm³/mol. The van der Waals surface area contributed by atoms with Gasteiger partial charge in [0, 0.05) is 18.9 Å². The molecule has 3 aromatic rings. The molecule has 1 N–H and O–H groups in total. The van der Waals surface area contributed by atoms with E-state index in [2.05, 4.69) is 64.4 Å². The van der Waals surface area contributed by atoms with Crippen LogP contribution in [0.4, 0.5) is 5.88 Å². The fourth-order valence-electron chi connectivity index (χ4n) is 3.93. The Morgan fingerprint density at radius 3 is 2.50 bits per heavy atom. The quantitative estimate of drug-likeness (QED) is 0.601. The second-order valence-corrected chi connectivity index (χ2v) is 8.01.